The van der Waals surface area contributed by atoms with Gasteiger partial charge in [0, 0.05) is 0 Å². The topological polar surface area (TPSA) is 9.23 Å². The second kappa shape index (κ2) is 6.11. The minimum absolute atomic E-state index is 0.965. The number of benzene rings is 2. The van der Waals surface area contributed by atoms with Crippen LogP contribution in [0.15, 0.2) is 48.5 Å². The van der Waals surface area contributed by atoms with Gasteiger partial charge in [0.2, 0.25) is 0 Å². The molecule has 2 aromatic carbocycles. The molecule has 0 saturated heterocycles. The van der Waals surface area contributed by atoms with Crippen LogP contribution in [0.2, 0.25) is 5.21 Å². The Balaban J connectivity index is 2.35. The molecule has 0 fully saturated rings. The van der Waals surface area contributed by atoms with Gasteiger partial charge in [-0.2, -0.15) is 0 Å². The Labute approximate surface area is 114 Å². The van der Waals surface area contributed by atoms with E-state index in [4.69, 9.17) is 4.74 Å². The first kappa shape index (κ1) is 13.2. The summed E-state index contributed by atoms with van der Waals surface area (Å²) in [6.45, 7) is 4.43. The van der Waals surface area contributed by atoms with Crippen LogP contribution in [0.25, 0.3) is 0 Å². The molecule has 0 aliphatic heterocycles. The van der Waals surface area contributed by atoms with E-state index in [-0.39, 0.29) is 0 Å². The normalized spacial score (nSPS) is 12.2. The zero-order valence-electron chi connectivity index (χ0n) is 11.2. The number of ether oxygens (including phenoxy) is 1. The summed E-state index contributed by atoms with van der Waals surface area (Å²) in [4.78, 5) is 0. The zero-order chi connectivity index (χ0) is 13.0. The van der Waals surface area contributed by atoms with E-state index in [9.17, 15) is 0 Å². The molecule has 1 unspecified atom stereocenters. The molecule has 0 aromatic heterocycles. The summed E-state index contributed by atoms with van der Waals surface area (Å²) in [7, 11) is 1.73. The third-order valence-corrected chi connectivity index (χ3v) is 8.18. The molecule has 94 valence electrons. The summed E-state index contributed by atoms with van der Waals surface area (Å²) in [6.07, 6.45) is 0. The van der Waals surface area contributed by atoms with E-state index < -0.39 is 14.7 Å². The minimum atomic E-state index is -1.15. The molecule has 2 aromatic rings. The van der Waals surface area contributed by atoms with Crippen molar-refractivity contribution in [3.63, 3.8) is 0 Å². The molecule has 0 aliphatic rings. The summed E-state index contributed by atoms with van der Waals surface area (Å²) < 4.78 is 8.31. The molecule has 1 atom stereocenters. The SMILES string of the molecule is CC[As](c1ccc(C)cc1)c1cccc(OC)c1. The van der Waals surface area contributed by atoms with E-state index in [2.05, 4.69) is 56.3 Å². The molecule has 0 heterocycles. The van der Waals surface area contributed by atoms with Crippen LogP contribution in [-0.4, -0.2) is 21.8 Å². The summed E-state index contributed by atoms with van der Waals surface area (Å²) in [6, 6.07) is 17.6. The Bertz CT molecular complexity index is 505. The maximum absolute atomic E-state index is 5.33. The summed E-state index contributed by atoms with van der Waals surface area (Å²) >= 11 is -1.15. The van der Waals surface area contributed by atoms with Gasteiger partial charge in [-0.05, 0) is 0 Å². The van der Waals surface area contributed by atoms with Crippen molar-refractivity contribution in [2.75, 3.05) is 7.11 Å². The Morgan fingerprint density at radius 1 is 1.00 bits per heavy atom. The van der Waals surface area contributed by atoms with Crippen LogP contribution < -0.4 is 13.4 Å². The van der Waals surface area contributed by atoms with Crippen LogP contribution in [0.3, 0.4) is 0 Å². The number of rotatable bonds is 4. The van der Waals surface area contributed by atoms with Gasteiger partial charge in [0.15, 0.2) is 0 Å². The molecule has 2 heteroatoms. The third kappa shape index (κ3) is 2.97. The van der Waals surface area contributed by atoms with Gasteiger partial charge >= 0.3 is 114 Å². The predicted octanol–water partition coefficient (Wildman–Crippen LogP) is 2.63. The molecule has 0 spiro atoms. The van der Waals surface area contributed by atoms with Gasteiger partial charge in [-0.25, -0.2) is 0 Å². The van der Waals surface area contributed by atoms with E-state index in [1.807, 2.05) is 6.07 Å². The third-order valence-electron chi connectivity index (χ3n) is 3.03. The molecule has 0 amide bonds. The summed E-state index contributed by atoms with van der Waals surface area (Å²) in [5.74, 6) is 0.965. The van der Waals surface area contributed by atoms with E-state index in [0.717, 1.165) is 5.75 Å². The monoisotopic (exact) mass is 302 g/mol. The maximum atomic E-state index is 5.33. The van der Waals surface area contributed by atoms with Gasteiger partial charge in [0.05, 0.1) is 0 Å². The number of aryl methyl sites for hydroxylation is 1. The van der Waals surface area contributed by atoms with Crippen molar-refractivity contribution >= 4 is 23.4 Å². The van der Waals surface area contributed by atoms with Crippen LogP contribution >= 0.6 is 0 Å². The fraction of sp³-hybridized carbons (Fsp3) is 0.250. The Hall–Kier alpha value is -1.20. The van der Waals surface area contributed by atoms with E-state index in [1.54, 1.807) is 7.11 Å². The summed E-state index contributed by atoms with van der Waals surface area (Å²) in [5, 5.41) is 1.24. The van der Waals surface area contributed by atoms with Crippen molar-refractivity contribution < 1.29 is 4.74 Å². The second-order valence-electron chi connectivity index (χ2n) is 4.28. The molecule has 0 bridgehead atoms. The first-order valence-corrected chi connectivity index (χ1v) is 9.43. The molecular weight excluding hydrogens is 283 g/mol. The van der Waals surface area contributed by atoms with Crippen molar-refractivity contribution in [1.82, 2.24) is 0 Å². The molecule has 0 N–H and O–H groups in total. The number of methoxy groups -OCH3 is 1. The van der Waals surface area contributed by atoms with Crippen LogP contribution in [-0.2, 0) is 0 Å². The van der Waals surface area contributed by atoms with Gasteiger partial charge in [-0.15, -0.1) is 0 Å². The predicted molar refractivity (Wildman–Crippen MR) is 79.7 cm³/mol. The van der Waals surface area contributed by atoms with Gasteiger partial charge in [-0.3, -0.25) is 0 Å². The van der Waals surface area contributed by atoms with Gasteiger partial charge in [-0.1, -0.05) is 0 Å². The Morgan fingerprint density at radius 2 is 1.72 bits per heavy atom. The second-order valence-corrected chi connectivity index (χ2v) is 9.57. The Morgan fingerprint density at radius 3 is 2.33 bits per heavy atom. The van der Waals surface area contributed by atoms with Gasteiger partial charge in [0.25, 0.3) is 0 Å². The molecule has 0 aliphatic carbocycles. The number of hydrogen-bond acceptors (Lipinski definition) is 1. The van der Waals surface area contributed by atoms with Crippen molar-refractivity contribution in [1.29, 1.82) is 0 Å². The van der Waals surface area contributed by atoms with Crippen molar-refractivity contribution in [3.8, 4) is 5.75 Å². The first-order chi connectivity index (χ1) is 8.74. The molecule has 2 rings (SSSR count). The fourth-order valence-corrected chi connectivity index (χ4v) is 6.39. The van der Waals surface area contributed by atoms with E-state index in [1.165, 1.54) is 19.5 Å². The van der Waals surface area contributed by atoms with Gasteiger partial charge < -0.3 is 0 Å². The fourth-order valence-electron chi connectivity index (χ4n) is 2.02. The van der Waals surface area contributed by atoms with Crippen LogP contribution in [0, 0.1) is 6.92 Å². The first-order valence-electron chi connectivity index (χ1n) is 6.23. The zero-order valence-corrected chi connectivity index (χ0v) is 13.1. The van der Waals surface area contributed by atoms with Crippen molar-refractivity contribution in [3.05, 3.63) is 54.1 Å². The molecule has 1 nitrogen and oxygen atoms in total. The van der Waals surface area contributed by atoms with Crippen LogP contribution in [0.1, 0.15) is 12.5 Å². The quantitative estimate of drug-likeness (QED) is 0.789. The van der Waals surface area contributed by atoms with E-state index in [0.29, 0.717) is 0 Å². The van der Waals surface area contributed by atoms with Crippen LogP contribution in [0.4, 0.5) is 0 Å². The van der Waals surface area contributed by atoms with Crippen molar-refractivity contribution in [2.24, 2.45) is 0 Å². The number of hydrogen-bond donors (Lipinski definition) is 0. The molecular formula is C16H19AsO. The van der Waals surface area contributed by atoms with Crippen LogP contribution in [0.5, 0.6) is 5.75 Å². The molecule has 0 saturated carbocycles. The summed E-state index contributed by atoms with van der Waals surface area (Å²) in [5.41, 5.74) is 1.33. The molecule has 0 radical (unpaired) electrons. The molecule has 18 heavy (non-hydrogen) atoms. The van der Waals surface area contributed by atoms with E-state index >= 15 is 0 Å². The standard InChI is InChI=1S/C16H19AsO/c1-4-17(14-10-8-13(2)9-11-14)15-6-5-7-16(12-15)18-3/h5-12H,4H2,1-3H3. The van der Waals surface area contributed by atoms with Gasteiger partial charge in [0.1, 0.15) is 0 Å². The van der Waals surface area contributed by atoms with Crippen molar-refractivity contribution in [2.45, 2.75) is 19.1 Å². The Kier molecular flexibility index (Phi) is 4.49. The average molecular weight is 302 g/mol. The average Bonchev–Trinajstić information content (AvgIpc) is 2.42.